The maximum Gasteiger partial charge on any atom is 0.263 e. The zero-order valence-corrected chi connectivity index (χ0v) is 15.5. The van der Waals surface area contributed by atoms with Gasteiger partial charge in [-0.3, -0.25) is 9.59 Å². The van der Waals surface area contributed by atoms with Crippen molar-refractivity contribution in [2.24, 2.45) is 5.92 Å². The number of hydrogen-bond donors (Lipinski definition) is 1. The molecule has 0 saturated carbocycles. The Balaban J connectivity index is 1.64. The van der Waals surface area contributed by atoms with Gasteiger partial charge in [-0.15, -0.1) is 11.3 Å². The van der Waals surface area contributed by atoms with E-state index < -0.39 is 11.6 Å². The average Bonchev–Trinajstić information content (AvgIpc) is 3.04. The van der Waals surface area contributed by atoms with Crippen LogP contribution in [0.2, 0.25) is 0 Å². The van der Waals surface area contributed by atoms with Gasteiger partial charge >= 0.3 is 0 Å². The lowest BCUT2D eigenvalue weighted by Gasteiger charge is -2.21. The Labute approximate surface area is 154 Å². The molecule has 0 unspecified atom stereocenters. The number of nitrogens with zero attached hydrogens (tertiary/aromatic N) is 1. The van der Waals surface area contributed by atoms with E-state index in [1.807, 2.05) is 6.07 Å². The van der Waals surface area contributed by atoms with Crippen LogP contribution in [-0.4, -0.2) is 30.8 Å². The number of amides is 2. The third-order valence-electron chi connectivity index (χ3n) is 4.53. The molecule has 138 valence electrons. The highest BCUT2D eigenvalue weighted by atomic mass is 32.1. The van der Waals surface area contributed by atoms with Gasteiger partial charge in [-0.05, 0) is 49.1 Å². The topological polar surface area (TPSA) is 49.4 Å². The van der Waals surface area contributed by atoms with Gasteiger partial charge in [0.15, 0.2) is 0 Å². The molecule has 2 amide bonds. The molecule has 4 nitrogen and oxygen atoms in total. The minimum atomic E-state index is -0.540. The third-order valence-corrected chi connectivity index (χ3v) is 5.76. The number of rotatable bonds is 4. The van der Waals surface area contributed by atoms with E-state index in [2.05, 4.69) is 5.32 Å². The zero-order valence-electron chi connectivity index (χ0n) is 14.6. The van der Waals surface area contributed by atoms with Gasteiger partial charge in [0.2, 0.25) is 5.91 Å². The number of aryl methyl sites for hydroxylation is 1. The second kappa shape index (κ2) is 7.53. The standard InChI is InChI=1S/C19H20F2N2O2S/c1-23(2)19(25)17-9-12-7-11(3-6-16(12)26-17)18(24)22-10-13-8-14(20)4-5-15(13)21/h4-5,8-9,11H,3,6-7,10H2,1-2H3,(H,22,24)/t11-/m0/s1. The molecular formula is C19H20F2N2O2S. The summed E-state index contributed by atoms with van der Waals surface area (Å²) in [7, 11) is 3.42. The van der Waals surface area contributed by atoms with Gasteiger partial charge in [0.05, 0.1) is 4.88 Å². The SMILES string of the molecule is CN(C)C(=O)c1cc2c(s1)CC[C@H](C(=O)NCc1cc(F)ccc1F)C2. The summed E-state index contributed by atoms with van der Waals surface area (Å²) in [6.07, 6.45) is 1.98. The number of halogens is 2. The van der Waals surface area contributed by atoms with Gasteiger partial charge in [0.25, 0.3) is 5.91 Å². The van der Waals surface area contributed by atoms with E-state index in [1.165, 1.54) is 16.2 Å². The van der Waals surface area contributed by atoms with Crippen molar-refractivity contribution in [2.75, 3.05) is 14.1 Å². The number of carbonyl (C=O) groups excluding carboxylic acids is 2. The lowest BCUT2D eigenvalue weighted by Crippen LogP contribution is -2.33. The van der Waals surface area contributed by atoms with Crippen molar-refractivity contribution < 1.29 is 18.4 Å². The molecule has 1 atom stereocenters. The van der Waals surface area contributed by atoms with E-state index >= 15 is 0 Å². The maximum atomic E-state index is 13.7. The summed E-state index contributed by atoms with van der Waals surface area (Å²) in [5, 5.41) is 2.70. The van der Waals surface area contributed by atoms with Crippen molar-refractivity contribution in [1.82, 2.24) is 10.2 Å². The normalized spacial score (nSPS) is 16.1. The Hall–Kier alpha value is -2.28. The van der Waals surface area contributed by atoms with Gasteiger partial charge in [-0.2, -0.15) is 0 Å². The van der Waals surface area contributed by atoms with Crippen molar-refractivity contribution >= 4 is 23.2 Å². The second-order valence-corrected chi connectivity index (χ2v) is 7.79. The molecule has 0 aliphatic heterocycles. The predicted octanol–water partition coefficient (Wildman–Crippen LogP) is 3.15. The molecule has 2 aromatic rings. The lowest BCUT2D eigenvalue weighted by molar-refractivity contribution is -0.125. The van der Waals surface area contributed by atoms with E-state index in [0.717, 1.165) is 35.1 Å². The second-order valence-electron chi connectivity index (χ2n) is 6.65. The van der Waals surface area contributed by atoms with Crippen LogP contribution in [0.1, 0.15) is 32.1 Å². The Morgan fingerprint density at radius 3 is 2.77 bits per heavy atom. The third kappa shape index (κ3) is 3.93. The van der Waals surface area contributed by atoms with Crippen LogP contribution in [-0.2, 0) is 24.2 Å². The van der Waals surface area contributed by atoms with Crippen LogP contribution in [0.4, 0.5) is 8.78 Å². The summed E-state index contributed by atoms with van der Waals surface area (Å²) >= 11 is 1.49. The first-order chi connectivity index (χ1) is 12.3. The summed E-state index contributed by atoms with van der Waals surface area (Å²) in [5.41, 5.74) is 1.16. The number of fused-ring (bicyclic) bond motifs is 1. The van der Waals surface area contributed by atoms with Gasteiger partial charge in [0, 0.05) is 37.0 Å². The fourth-order valence-corrected chi connectivity index (χ4v) is 4.31. The lowest BCUT2D eigenvalue weighted by atomic mass is 9.87. The molecule has 1 aromatic carbocycles. The maximum absolute atomic E-state index is 13.7. The first-order valence-electron chi connectivity index (χ1n) is 8.40. The van der Waals surface area contributed by atoms with E-state index in [9.17, 15) is 18.4 Å². The van der Waals surface area contributed by atoms with Crippen molar-refractivity contribution in [3.63, 3.8) is 0 Å². The Morgan fingerprint density at radius 1 is 1.27 bits per heavy atom. The van der Waals surface area contributed by atoms with Gasteiger partial charge in [-0.1, -0.05) is 0 Å². The minimum Gasteiger partial charge on any atom is -0.352 e. The highest BCUT2D eigenvalue weighted by Gasteiger charge is 2.27. The molecule has 0 radical (unpaired) electrons. The molecule has 0 spiro atoms. The van der Waals surface area contributed by atoms with Crippen LogP contribution in [0.3, 0.4) is 0 Å². The number of carbonyl (C=O) groups is 2. The van der Waals surface area contributed by atoms with Crippen molar-refractivity contribution in [2.45, 2.75) is 25.8 Å². The van der Waals surface area contributed by atoms with Gasteiger partial charge in [0.1, 0.15) is 11.6 Å². The Bertz CT molecular complexity index is 848. The number of hydrogen-bond acceptors (Lipinski definition) is 3. The van der Waals surface area contributed by atoms with Crippen LogP contribution < -0.4 is 5.32 Å². The first kappa shape index (κ1) is 18.5. The summed E-state index contributed by atoms with van der Waals surface area (Å²) in [6, 6.07) is 5.06. The van der Waals surface area contributed by atoms with Crippen LogP contribution >= 0.6 is 11.3 Å². The largest absolute Gasteiger partial charge is 0.352 e. The zero-order chi connectivity index (χ0) is 18.8. The fourth-order valence-electron chi connectivity index (χ4n) is 3.08. The van der Waals surface area contributed by atoms with Crippen molar-refractivity contribution in [3.8, 4) is 0 Å². The molecule has 0 fully saturated rings. The van der Waals surface area contributed by atoms with Crippen LogP contribution in [0.15, 0.2) is 24.3 Å². The number of thiophene rings is 1. The molecule has 26 heavy (non-hydrogen) atoms. The molecule has 1 aromatic heterocycles. The summed E-state index contributed by atoms with van der Waals surface area (Å²) in [6.45, 7) is -0.0419. The Morgan fingerprint density at radius 2 is 2.04 bits per heavy atom. The molecule has 1 aliphatic rings. The smallest absolute Gasteiger partial charge is 0.263 e. The van der Waals surface area contributed by atoms with Crippen LogP contribution in [0.25, 0.3) is 0 Å². The molecule has 1 heterocycles. The summed E-state index contributed by atoms with van der Waals surface area (Å²) in [5.74, 6) is -1.51. The molecule has 1 aliphatic carbocycles. The number of nitrogens with one attached hydrogen (secondary N) is 1. The average molecular weight is 378 g/mol. The predicted molar refractivity (Wildman–Crippen MR) is 96.1 cm³/mol. The van der Waals surface area contributed by atoms with E-state index in [-0.39, 0.29) is 29.8 Å². The molecular weight excluding hydrogens is 358 g/mol. The Kier molecular flexibility index (Phi) is 5.36. The quantitative estimate of drug-likeness (QED) is 0.889. The monoisotopic (exact) mass is 378 g/mol. The highest BCUT2D eigenvalue weighted by molar-refractivity contribution is 7.14. The minimum absolute atomic E-state index is 0.0352. The molecule has 0 bridgehead atoms. The van der Waals surface area contributed by atoms with Crippen LogP contribution in [0, 0.1) is 17.6 Å². The first-order valence-corrected chi connectivity index (χ1v) is 9.21. The van der Waals surface area contributed by atoms with Gasteiger partial charge < -0.3 is 10.2 Å². The van der Waals surface area contributed by atoms with E-state index in [0.29, 0.717) is 17.7 Å². The fraction of sp³-hybridized carbons (Fsp3) is 0.368. The highest BCUT2D eigenvalue weighted by Crippen LogP contribution is 2.33. The van der Waals surface area contributed by atoms with Crippen molar-refractivity contribution in [1.29, 1.82) is 0 Å². The van der Waals surface area contributed by atoms with Gasteiger partial charge in [-0.25, -0.2) is 8.78 Å². The van der Waals surface area contributed by atoms with Crippen molar-refractivity contribution in [3.05, 3.63) is 56.8 Å². The molecule has 0 saturated heterocycles. The van der Waals surface area contributed by atoms with E-state index in [1.54, 1.807) is 14.1 Å². The molecule has 3 rings (SSSR count). The number of benzene rings is 1. The summed E-state index contributed by atoms with van der Waals surface area (Å²) in [4.78, 5) is 27.9. The molecule has 7 heteroatoms. The van der Waals surface area contributed by atoms with Crippen LogP contribution in [0.5, 0.6) is 0 Å². The molecule has 1 N–H and O–H groups in total. The summed E-state index contributed by atoms with van der Waals surface area (Å²) < 4.78 is 26.9. The van der Waals surface area contributed by atoms with E-state index in [4.69, 9.17) is 0 Å².